The molecule has 2 fully saturated rings. The lowest BCUT2D eigenvalue weighted by Gasteiger charge is -2.40. The minimum absolute atomic E-state index is 0.107. The van der Waals surface area contributed by atoms with E-state index in [9.17, 15) is 4.79 Å². The highest BCUT2D eigenvalue weighted by Gasteiger charge is 2.64. The minimum atomic E-state index is -1.80. The molecule has 3 nitrogen and oxygen atoms in total. The summed E-state index contributed by atoms with van der Waals surface area (Å²) >= 11 is 0. The van der Waals surface area contributed by atoms with Gasteiger partial charge in [0.1, 0.15) is 0 Å². The molecule has 2 aliphatic rings. The topological polar surface area (TPSA) is 38.3 Å². The fourth-order valence-electron chi connectivity index (χ4n) is 2.55. The van der Waals surface area contributed by atoms with Gasteiger partial charge in [0.2, 0.25) is 5.91 Å². The zero-order chi connectivity index (χ0) is 13.8. The summed E-state index contributed by atoms with van der Waals surface area (Å²) in [7, 11) is -1.80. The molecule has 18 heavy (non-hydrogen) atoms. The molecule has 0 bridgehead atoms. The van der Waals surface area contributed by atoms with Crippen LogP contribution in [-0.4, -0.2) is 26.4 Å². The molecular formula is C14H27NO2Si. The highest BCUT2D eigenvalue weighted by atomic mass is 28.4. The van der Waals surface area contributed by atoms with Crippen molar-refractivity contribution in [3.63, 3.8) is 0 Å². The molecule has 0 aromatic carbocycles. The molecule has 0 radical (unpaired) electrons. The molecule has 1 unspecified atom stereocenters. The molecular weight excluding hydrogens is 242 g/mol. The first-order chi connectivity index (χ1) is 8.14. The van der Waals surface area contributed by atoms with Gasteiger partial charge in [-0.1, -0.05) is 27.7 Å². The van der Waals surface area contributed by atoms with E-state index < -0.39 is 8.32 Å². The standard InChI is InChI=1S/C14H27NO2Si/c1-7-10-11(14(8-9-14)12(16)15-10)17-18(5,6)13(2,3)4/h10-11H,7-9H2,1-6H3,(H,15,16)/t10-,11?/m0/s1. The summed E-state index contributed by atoms with van der Waals surface area (Å²) in [6.07, 6.45) is 3.09. The van der Waals surface area contributed by atoms with Gasteiger partial charge in [-0.25, -0.2) is 0 Å². The Balaban J connectivity index is 2.19. The van der Waals surface area contributed by atoms with Crippen molar-refractivity contribution >= 4 is 14.2 Å². The van der Waals surface area contributed by atoms with Crippen LogP contribution < -0.4 is 5.32 Å². The summed E-state index contributed by atoms with van der Waals surface area (Å²) in [4.78, 5) is 12.1. The van der Waals surface area contributed by atoms with E-state index in [1.165, 1.54) is 0 Å². The third-order valence-corrected chi connectivity index (χ3v) is 9.59. The lowest BCUT2D eigenvalue weighted by molar-refractivity contribution is -0.124. The molecule has 1 amide bonds. The normalized spacial score (nSPS) is 30.7. The van der Waals surface area contributed by atoms with Gasteiger partial charge in [0.15, 0.2) is 8.32 Å². The zero-order valence-electron chi connectivity index (χ0n) is 12.6. The largest absolute Gasteiger partial charge is 0.411 e. The van der Waals surface area contributed by atoms with E-state index in [0.717, 1.165) is 19.3 Å². The van der Waals surface area contributed by atoms with Crippen LogP contribution in [0.2, 0.25) is 18.1 Å². The lowest BCUT2D eigenvalue weighted by atomic mass is 9.97. The van der Waals surface area contributed by atoms with Crippen LogP contribution in [0.1, 0.15) is 47.0 Å². The molecule has 1 aliphatic heterocycles. The minimum Gasteiger partial charge on any atom is -0.411 e. The molecule has 2 rings (SSSR count). The first kappa shape index (κ1) is 14.1. The summed E-state index contributed by atoms with van der Waals surface area (Å²) in [6.45, 7) is 13.4. The van der Waals surface area contributed by atoms with Crippen LogP contribution in [-0.2, 0) is 9.22 Å². The quantitative estimate of drug-likeness (QED) is 0.800. The maximum absolute atomic E-state index is 12.1. The highest BCUT2D eigenvalue weighted by Crippen LogP contribution is 2.56. The summed E-state index contributed by atoms with van der Waals surface area (Å²) in [5.74, 6) is 0.234. The van der Waals surface area contributed by atoms with Crippen molar-refractivity contribution < 1.29 is 9.22 Å². The first-order valence-electron chi connectivity index (χ1n) is 7.13. The number of carbonyl (C=O) groups excluding carboxylic acids is 1. The Labute approximate surface area is 112 Å². The SMILES string of the molecule is CC[C@@H]1NC(=O)C2(CC2)C1O[Si](C)(C)C(C)(C)C. The van der Waals surface area contributed by atoms with E-state index in [2.05, 4.69) is 46.1 Å². The number of rotatable bonds is 3. The zero-order valence-corrected chi connectivity index (χ0v) is 13.6. The van der Waals surface area contributed by atoms with Crippen molar-refractivity contribution in [1.82, 2.24) is 5.32 Å². The van der Waals surface area contributed by atoms with E-state index in [-0.39, 0.29) is 28.5 Å². The molecule has 2 atom stereocenters. The molecule has 1 heterocycles. The fraction of sp³-hybridized carbons (Fsp3) is 0.929. The van der Waals surface area contributed by atoms with Crippen LogP contribution in [0.5, 0.6) is 0 Å². The van der Waals surface area contributed by atoms with Crippen molar-refractivity contribution in [2.45, 2.75) is 77.2 Å². The summed E-state index contributed by atoms with van der Waals surface area (Å²) in [5.41, 5.74) is -0.170. The summed E-state index contributed by atoms with van der Waals surface area (Å²) < 4.78 is 6.57. The molecule has 1 saturated carbocycles. The van der Waals surface area contributed by atoms with E-state index in [1.54, 1.807) is 0 Å². The third-order valence-electron chi connectivity index (χ3n) is 5.14. The molecule has 104 valence electrons. The van der Waals surface area contributed by atoms with Crippen LogP contribution in [0.3, 0.4) is 0 Å². The van der Waals surface area contributed by atoms with Gasteiger partial charge in [-0.2, -0.15) is 0 Å². The van der Waals surface area contributed by atoms with Crippen molar-refractivity contribution in [3.05, 3.63) is 0 Å². The predicted molar refractivity (Wildman–Crippen MR) is 76.0 cm³/mol. The average Bonchev–Trinajstić information content (AvgIpc) is 2.97. The van der Waals surface area contributed by atoms with Gasteiger partial charge < -0.3 is 9.74 Å². The first-order valence-corrected chi connectivity index (χ1v) is 10.0. The van der Waals surface area contributed by atoms with Gasteiger partial charge >= 0.3 is 0 Å². The second-order valence-corrected chi connectivity index (χ2v) is 12.2. The summed E-state index contributed by atoms with van der Waals surface area (Å²) in [5, 5.41) is 3.34. The number of carbonyl (C=O) groups is 1. The highest BCUT2D eigenvalue weighted by molar-refractivity contribution is 6.74. The van der Waals surface area contributed by atoms with Crippen molar-refractivity contribution in [1.29, 1.82) is 0 Å². The molecule has 1 saturated heterocycles. The van der Waals surface area contributed by atoms with Crippen LogP contribution in [0.25, 0.3) is 0 Å². The van der Waals surface area contributed by atoms with Crippen LogP contribution in [0, 0.1) is 5.41 Å². The predicted octanol–water partition coefficient (Wildman–Crippen LogP) is 3.07. The van der Waals surface area contributed by atoms with Crippen molar-refractivity contribution in [2.24, 2.45) is 5.41 Å². The molecule has 1 aliphatic carbocycles. The van der Waals surface area contributed by atoms with Crippen LogP contribution in [0.15, 0.2) is 0 Å². The lowest BCUT2D eigenvalue weighted by Crippen LogP contribution is -2.48. The molecule has 0 aromatic heterocycles. The molecule has 1 N–H and O–H groups in total. The number of nitrogens with one attached hydrogen (secondary N) is 1. The maximum atomic E-state index is 12.1. The Morgan fingerprint density at radius 2 is 1.94 bits per heavy atom. The third kappa shape index (κ3) is 2.03. The summed E-state index contributed by atoms with van der Waals surface area (Å²) in [6, 6.07) is 0.217. The number of hydrogen-bond donors (Lipinski definition) is 1. The van der Waals surface area contributed by atoms with Gasteiger partial charge in [0.05, 0.1) is 17.6 Å². The van der Waals surface area contributed by atoms with E-state index >= 15 is 0 Å². The van der Waals surface area contributed by atoms with Crippen molar-refractivity contribution in [2.75, 3.05) is 0 Å². The monoisotopic (exact) mass is 269 g/mol. The van der Waals surface area contributed by atoms with E-state index in [0.29, 0.717) is 0 Å². The molecule has 1 spiro atoms. The Hall–Kier alpha value is -0.353. The van der Waals surface area contributed by atoms with Crippen molar-refractivity contribution in [3.8, 4) is 0 Å². The van der Waals surface area contributed by atoms with Gasteiger partial charge in [-0.3, -0.25) is 4.79 Å². The smallest absolute Gasteiger partial charge is 0.229 e. The van der Waals surface area contributed by atoms with Gasteiger partial charge in [0, 0.05) is 0 Å². The Kier molecular flexibility index (Phi) is 3.18. The average molecular weight is 269 g/mol. The molecule has 0 aromatic rings. The van der Waals surface area contributed by atoms with Crippen LogP contribution >= 0.6 is 0 Å². The second kappa shape index (κ2) is 4.07. The Bertz CT molecular complexity index is 355. The molecule has 4 heteroatoms. The maximum Gasteiger partial charge on any atom is 0.229 e. The fourth-order valence-corrected chi connectivity index (χ4v) is 3.93. The van der Waals surface area contributed by atoms with Gasteiger partial charge in [0.25, 0.3) is 0 Å². The Morgan fingerprint density at radius 3 is 2.33 bits per heavy atom. The van der Waals surface area contributed by atoms with Crippen LogP contribution in [0.4, 0.5) is 0 Å². The van der Waals surface area contributed by atoms with Gasteiger partial charge in [-0.15, -0.1) is 0 Å². The second-order valence-electron chi connectivity index (χ2n) is 7.44. The number of hydrogen-bond acceptors (Lipinski definition) is 2. The van der Waals surface area contributed by atoms with E-state index in [4.69, 9.17) is 4.43 Å². The Morgan fingerprint density at radius 1 is 1.39 bits per heavy atom. The number of amides is 1. The van der Waals surface area contributed by atoms with Gasteiger partial charge in [-0.05, 0) is 37.4 Å². The van der Waals surface area contributed by atoms with E-state index in [1.807, 2.05) is 0 Å².